The largest absolute Gasteiger partial charge is 0.435 e. The van der Waals surface area contributed by atoms with Gasteiger partial charge in [-0.15, -0.1) is 0 Å². The Kier molecular flexibility index (Phi) is 5.84. The van der Waals surface area contributed by atoms with Crippen molar-refractivity contribution in [1.29, 1.82) is 0 Å². The lowest BCUT2D eigenvalue weighted by atomic mass is 10.1. The number of nitrogens with zero attached hydrogens (tertiary/aromatic N) is 3. The minimum absolute atomic E-state index is 0.162. The van der Waals surface area contributed by atoms with Gasteiger partial charge in [-0.3, -0.25) is 14.4 Å². The van der Waals surface area contributed by atoms with E-state index in [2.05, 4.69) is 15.3 Å². The number of benzene rings is 1. The number of alkyl halides is 3. The lowest BCUT2D eigenvalue weighted by Crippen LogP contribution is -2.29. The molecule has 0 radical (unpaired) electrons. The van der Waals surface area contributed by atoms with Gasteiger partial charge in [0.1, 0.15) is 0 Å². The van der Waals surface area contributed by atoms with E-state index in [0.29, 0.717) is 0 Å². The van der Waals surface area contributed by atoms with E-state index in [1.54, 1.807) is 0 Å². The van der Waals surface area contributed by atoms with E-state index >= 15 is 0 Å². The van der Waals surface area contributed by atoms with Gasteiger partial charge in [-0.25, -0.2) is 0 Å². The number of rotatable bonds is 5. The number of aryl methyl sites for hydroxylation is 1. The van der Waals surface area contributed by atoms with Gasteiger partial charge in [0.15, 0.2) is 5.69 Å². The Morgan fingerprint density at radius 2 is 1.74 bits per heavy atom. The first-order valence-corrected chi connectivity index (χ1v) is 9.02. The Labute approximate surface area is 156 Å². The summed E-state index contributed by atoms with van der Waals surface area (Å²) < 4.78 is 39.9. The molecule has 1 aliphatic heterocycles. The van der Waals surface area contributed by atoms with Crippen molar-refractivity contribution in [2.24, 2.45) is 7.05 Å². The maximum atomic E-state index is 13.0. The number of nitrogens with one attached hydrogen (secondary N) is 1. The van der Waals surface area contributed by atoms with Crippen LogP contribution in [0.4, 0.5) is 13.2 Å². The zero-order chi connectivity index (χ0) is 19.4. The first-order chi connectivity index (χ1) is 12.8. The molecule has 0 atom stereocenters. The van der Waals surface area contributed by atoms with Gasteiger partial charge in [-0.05, 0) is 37.1 Å². The van der Waals surface area contributed by atoms with Crippen LogP contribution >= 0.6 is 0 Å². The van der Waals surface area contributed by atoms with E-state index in [1.165, 1.54) is 31.9 Å². The summed E-state index contributed by atoms with van der Waals surface area (Å²) >= 11 is 0. The highest BCUT2D eigenvalue weighted by atomic mass is 19.4. The molecule has 2 heterocycles. The predicted molar refractivity (Wildman–Crippen MR) is 95.0 cm³/mol. The number of carbonyl (C=O) groups excluding carboxylic acids is 1. The number of halogens is 3. The van der Waals surface area contributed by atoms with E-state index in [-0.39, 0.29) is 6.54 Å². The topological polar surface area (TPSA) is 50.2 Å². The number of hydrogen-bond acceptors (Lipinski definition) is 3. The minimum atomic E-state index is -4.66. The number of likely N-dealkylation sites (tertiary alicyclic amines) is 1. The van der Waals surface area contributed by atoms with Crippen molar-refractivity contribution in [3.63, 3.8) is 0 Å². The molecule has 0 unspecified atom stereocenters. The summed E-state index contributed by atoms with van der Waals surface area (Å²) in [5.41, 5.74) is 0.396. The third-order valence-corrected chi connectivity index (χ3v) is 4.67. The van der Waals surface area contributed by atoms with Crippen molar-refractivity contribution in [3.8, 4) is 0 Å². The van der Waals surface area contributed by atoms with E-state index in [1.807, 2.05) is 24.3 Å². The average Bonchev–Trinajstić information content (AvgIpc) is 3.04. The summed E-state index contributed by atoms with van der Waals surface area (Å²) in [5, 5.41) is 5.89. The van der Waals surface area contributed by atoms with E-state index in [0.717, 1.165) is 36.1 Å². The fourth-order valence-corrected chi connectivity index (χ4v) is 3.28. The average molecular weight is 380 g/mol. The molecule has 0 spiro atoms. The van der Waals surface area contributed by atoms with Gasteiger partial charge in [0.05, 0.1) is 5.56 Å². The van der Waals surface area contributed by atoms with Crippen LogP contribution in [0, 0.1) is 0 Å². The van der Waals surface area contributed by atoms with Crippen LogP contribution in [-0.2, 0) is 26.3 Å². The second-order valence-electron chi connectivity index (χ2n) is 6.90. The molecule has 1 fully saturated rings. The molecule has 1 aromatic carbocycles. The standard InChI is InChI=1S/C19H23F3N4O/c1-25-13-16(17(24-25)19(20,21)22)18(27)23-11-14-5-7-15(8-6-14)12-26-9-3-2-4-10-26/h5-8,13H,2-4,9-12H2,1H3,(H,23,27). The van der Waals surface area contributed by atoms with Crippen molar-refractivity contribution in [2.45, 2.75) is 38.5 Å². The summed E-state index contributed by atoms with van der Waals surface area (Å²) in [6.45, 7) is 3.29. The molecule has 1 aliphatic rings. The number of hydrogen-bond donors (Lipinski definition) is 1. The van der Waals surface area contributed by atoms with Gasteiger partial charge in [-0.1, -0.05) is 30.7 Å². The molecule has 1 saturated heterocycles. The third kappa shape index (κ3) is 5.09. The second kappa shape index (κ2) is 8.12. The summed E-state index contributed by atoms with van der Waals surface area (Å²) in [6.07, 6.45) is 0.183. The minimum Gasteiger partial charge on any atom is -0.348 e. The number of piperidine rings is 1. The summed E-state index contributed by atoms with van der Waals surface area (Å²) in [6, 6.07) is 7.80. The Hall–Kier alpha value is -2.35. The van der Waals surface area contributed by atoms with Crippen LogP contribution in [0.3, 0.4) is 0 Å². The Morgan fingerprint density at radius 1 is 1.11 bits per heavy atom. The van der Waals surface area contributed by atoms with Gasteiger partial charge >= 0.3 is 6.18 Å². The smallest absolute Gasteiger partial charge is 0.348 e. The normalized spacial score (nSPS) is 15.7. The van der Waals surface area contributed by atoms with Crippen molar-refractivity contribution in [1.82, 2.24) is 20.0 Å². The van der Waals surface area contributed by atoms with Gasteiger partial charge in [0, 0.05) is 26.3 Å². The predicted octanol–water partition coefficient (Wildman–Crippen LogP) is 3.35. The Bertz CT molecular complexity index is 777. The van der Waals surface area contributed by atoms with E-state index < -0.39 is 23.3 Å². The zero-order valence-corrected chi connectivity index (χ0v) is 15.2. The maximum Gasteiger partial charge on any atom is 0.435 e. The van der Waals surface area contributed by atoms with Crippen molar-refractivity contribution < 1.29 is 18.0 Å². The van der Waals surface area contributed by atoms with Crippen molar-refractivity contribution >= 4 is 5.91 Å². The van der Waals surface area contributed by atoms with Crippen LogP contribution in [0.1, 0.15) is 46.4 Å². The van der Waals surface area contributed by atoms with Gasteiger partial charge < -0.3 is 5.32 Å². The number of aromatic nitrogens is 2. The summed E-state index contributed by atoms with van der Waals surface area (Å²) in [5.74, 6) is -0.784. The molecule has 5 nitrogen and oxygen atoms in total. The van der Waals surface area contributed by atoms with Crippen LogP contribution in [-0.4, -0.2) is 33.7 Å². The van der Waals surface area contributed by atoms with E-state index in [4.69, 9.17) is 0 Å². The zero-order valence-electron chi connectivity index (χ0n) is 15.2. The lowest BCUT2D eigenvalue weighted by molar-refractivity contribution is -0.141. The number of amides is 1. The second-order valence-corrected chi connectivity index (χ2v) is 6.90. The molecule has 1 aromatic heterocycles. The molecule has 0 saturated carbocycles. The molecule has 0 bridgehead atoms. The van der Waals surface area contributed by atoms with Crippen LogP contribution < -0.4 is 5.32 Å². The van der Waals surface area contributed by atoms with Crippen molar-refractivity contribution in [3.05, 3.63) is 52.8 Å². The highest BCUT2D eigenvalue weighted by molar-refractivity contribution is 5.95. The molecule has 1 N–H and O–H groups in total. The molecule has 2 aromatic rings. The molecule has 146 valence electrons. The molecule has 8 heteroatoms. The summed E-state index contributed by atoms with van der Waals surface area (Å²) in [4.78, 5) is 14.6. The molecular formula is C19H23F3N4O. The SMILES string of the molecule is Cn1cc(C(=O)NCc2ccc(CN3CCCCC3)cc2)c(C(F)(F)F)n1. The monoisotopic (exact) mass is 380 g/mol. The number of carbonyl (C=O) groups is 1. The molecule has 27 heavy (non-hydrogen) atoms. The van der Waals surface area contributed by atoms with E-state index in [9.17, 15) is 18.0 Å². The molecule has 3 rings (SSSR count). The molecule has 1 amide bonds. The highest BCUT2D eigenvalue weighted by Gasteiger charge is 2.38. The van der Waals surface area contributed by atoms with Gasteiger partial charge in [0.25, 0.3) is 5.91 Å². The van der Waals surface area contributed by atoms with Crippen molar-refractivity contribution in [2.75, 3.05) is 13.1 Å². The third-order valence-electron chi connectivity index (χ3n) is 4.67. The Morgan fingerprint density at radius 3 is 2.37 bits per heavy atom. The molecule has 0 aliphatic carbocycles. The highest BCUT2D eigenvalue weighted by Crippen LogP contribution is 2.30. The fraction of sp³-hybridized carbons (Fsp3) is 0.474. The van der Waals surface area contributed by atoms with Crippen LogP contribution in [0.15, 0.2) is 30.5 Å². The van der Waals surface area contributed by atoms with Gasteiger partial charge in [-0.2, -0.15) is 18.3 Å². The molecular weight excluding hydrogens is 357 g/mol. The quantitative estimate of drug-likeness (QED) is 0.866. The van der Waals surface area contributed by atoms with Crippen LogP contribution in [0.25, 0.3) is 0 Å². The first kappa shape index (κ1) is 19.4. The first-order valence-electron chi connectivity index (χ1n) is 9.02. The fourth-order valence-electron chi connectivity index (χ4n) is 3.28. The van der Waals surface area contributed by atoms with Crippen LogP contribution in [0.5, 0.6) is 0 Å². The van der Waals surface area contributed by atoms with Crippen LogP contribution in [0.2, 0.25) is 0 Å². The summed E-state index contributed by atoms with van der Waals surface area (Å²) in [7, 11) is 1.35. The maximum absolute atomic E-state index is 13.0. The lowest BCUT2D eigenvalue weighted by Gasteiger charge is -2.26. The van der Waals surface area contributed by atoms with Gasteiger partial charge in [0.2, 0.25) is 0 Å². The Balaban J connectivity index is 1.58.